The molecule has 0 saturated carbocycles. The molecule has 0 aromatic rings. The first-order chi connectivity index (χ1) is 8.88. The molecule has 0 bridgehead atoms. The Hall–Kier alpha value is -0.810. The summed E-state index contributed by atoms with van der Waals surface area (Å²) in [4.78, 5) is 6.81. The predicted molar refractivity (Wildman–Crippen MR) is 75.4 cm³/mol. The quantitative estimate of drug-likeness (QED) is 0.257. The van der Waals surface area contributed by atoms with Crippen molar-refractivity contribution >= 4 is 5.96 Å². The first-order valence-electron chi connectivity index (χ1n) is 7.22. The number of rotatable bonds is 5. The van der Waals surface area contributed by atoms with E-state index in [1.807, 2.05) is 6.92 Å². The Balaban J connectivity index is 2.34. The maximum absolute atomic E-state index is 5.58. The summed E-state index contributed by atoms with van der Waals surface area (Å²) >= 11 is 0. The smallest absolute Gasteiger partial charge is 0.208 e. The molecule has 0 aromatic heterocycles. The van der Waals surface area contributed by atoms with Crippen LogP contribution in [-0.2, 0) is 4.74 Å². The molecule has 3 N–H and O–H groups in total. The van der Waals surface area contributed by atoms with Gasteiger partial charge in [0.25, 0.3) is 0 Å². The summed E-state index contributed by atoms with van der Waals surface area (Å²) < 4.78 is 5.30. The minimum Gasteiger partial charge on any atom is -0.382 e. The molecule has 1 heterocycles. The van der Waals surface area contributed by atoms with Crippen molar-refractivity contribution in [1.29, 1.82) is 0 Å². The zero-order valence-corrected chi connectivity index (χ0v) is 11.7. The summed E-state index contributed by atoms with van der Waals surface area (Å²) in [5, 5.41) is 0. The van der Waals surface area contributed by atoms with Crippen molar-refractivity contribution in [3.63, 3.8) is 0 Å². The average molecular weight is 256 g/mol. The fraction of sp³-hybridized carbons (Fsp3) is 0.923. The van der Waals surface area contributed by atoms with Gasteiger partial charge in [0.1, 0.15) is 0 Å². The Morgan fingerprint density at radius 1 is 1.22 bits per heavy atom. The highest BCUT2D eigenvalue weighted by molar-refractivity contribution is 5.79. The lowest BCUT2D eigenvalue weighted by atomic mass is 10.1. The van der Waals surface area contributed by atoms with Crippen molar-refractivity contribution in [3.8, 4) is 0 Å². The van der Waals surface area contributed by atoms with E-state index in [9.17, 15) is 0 Å². The topological polar surface area (TPSA) is 62.9 Å². The van der Waals surface area contributed by atoms with E-state index in [1.165, 1.54) is 32.1 Å². The Labute approximate surface area is 111 Å². The van der Waals surface area contributed by atoms with Gasteiger partial charge in [0.2, 0.25) is 5.96 Å². The Morgan fingerprint density at radius 2 is 1.89 bits per heavy atom. The first-order valence-corrected chi connectivity index (χ1v) is 7.22. The lowest BCUT2D eigenvalue weighted by Gasteiger charge is -2.27. The second kappa shape index (κ2) is 10.1. The highest BCUT2D eigenvalue weighted by atomic mass is 16.5. The van der Waals surface area contributed by atoms with Crippen LogP contribution in [-0.4, -0.2) is 43.7 Å². The fourth-order valence-electron chi connectivity index (χ4n) is 2.19. The van der Waals surface area contributed by atoms with Crippen LogP contribution in [0.4, 0.5) is 0 Å². The lowest BCUT2D eigenvalue weighted by molar-refractivity contribution is 0.146. The van der Waals surface area contributed by atoms with Gasteiger partial charge in [-0.15, -0.1) is 0 Å². The number of nitrogens with one attached hydrogen (secondary N) is 1. The normalized spacial score (nSPS) is 18.3. The maximum atomic E-state index is 5.58. The number of hydrazine groups is 1. The number of guanidine groups is 1. The van der Waals surface area contributed by atoms with Crippen LogP contribution in [0, 0.1) is 0 Å². The standard InChI is InChI=1S/C13H28N4O/c1-2-18-12-8-9-15-13(16-14)17-10-6-4-3-5-7-11-17/h2-12,14H2,1H3,(H,15,16). The number of nitrogens with zero attached hydrogens (tertiary/aromatic N) is 2. The molecule has 0 unspecified atom stereocenters. The van der Waals surface area contributed by atoms with Gasteiger partial charge in [-0.1, -0.05) is 19.3 Å². The van der Waals surface area contributed by atoms with Crippen molar-refractivity contribution in [1.82, 2.24) is 10.3 Å². The minimum absolute atomic E-state index is 0.774. The molecule has 1 rings (SSSR count). The van der Waals surface area contributed by atoms with Crippen LogP contribution in [0.25, 0.3) is 0 Å². The van der Waals surface area contributed by atoms with Gasteiger partial charge in [0.15, 0.2) is 0 Å². The van der Waals surface area contributed by atoms with Crippen LogP contribution in [0.1, 0.15) is 45.4 Å². The molecule has 106 valence electrons. The van der Waals surface area contributed by atoms with Crippen molar-refractivity contribution in [2.24, 2.45) is 10.8 Å². The molecular formula is C13H28N4O. The summed E-state index contributed by atoms with van der Waals surface area (Å²) in [6.45, 7) is 6.46. The molecule has 0 radical (unpaired) electrons. The van der Waals surface area contributed by atoms with Gasteiger partial charge in [-0.2, -0.15) is 0 Å². The zero-order valence-electron chi connectivity index (χ0n) is 11.7. The number of ether oxygens (including phenoxy) is 1. The molecule has 0 aromatic carbocycles. The molecule has 1 aliphatic heterocycles. The van der Waals surface area contributed by atoms with Gasteiger partial charge < -0.3 is 9.64 Å². The summed E-state index contributed by atoms with van der Waals surface area (Å²) in [5.74, 6) is 6.42. The SMILES string of the molecule is CCOCCCN=C(NN)N1CCCCCCC1. The molecule has 1 saturated heterocycles. The zero-order chi connectivity index (χ0) is 13.1. The summed E-state index contributed by atoms with van der Waals surface area (Å²) in [7, 11) is 0. The van der Waals surface area contributed by atoms with E-state index in [2.05, 4.69) is 15.3 Å². The average Bonchev–Trinajstić information content (AvgIpc) is 2.35. The summed E-state index contributed by atoms with van der Waals surface area (Å²) in [6, 6.07) is 0. The Kier molecular flexibility index (Phi) is 8.59. The third-order valence-electron chi connectivity index (χ3n) is 3.20. The van der Waals surface area contributed by atoms with Crippen LogP contribution in [0.15, 0.2) is 4.99 Å². The van der Waals surface area contributed by atoms with Crippen LogP contribution in [0.5, 0.6) is 0 Å². The largest absolute Gasteiger partial charge is 0.382 e. The summed E-state index contributed by atoms with van der Waals surface area (Å²) in [5.41, 5.74) is 2.75. The molecule has 0 atom stereocenters. The monoisotopic (exact) mass is 256 g/mol. The fourth-order valence-corrected chi connectivity index (χ4v) is 2.19. The molecule has 0 amide bonds. The predicted octanol–water partition coefficient (Wildman–Crippen LogP) is 1.50. The molecular weight excluding hydrogens is 228 g/mol. The number of hydrogen-bond acceptors (Lipinski definition) is 3. The van der Waals surface area contributed by atoms with E-state index in [4.69, 9.17) is 10.6 Å². The van der Waals surface area contributed by atoms with Crippen LogP contribution in [0.2, 0.25) is 0 Å². The lowest BCUT2D eigenvalue weighted by Crippen LogP contribution is -2.46. The Morgan fingerprint density at radius 3 is 2.50 bits per heavy atom. The molecule has 18 heavy (non-hydrogen) atoms. The Bertz CT molecular complexity index is 225. The van der Waals surface area contributed by atoms with Gasteiger partial charge in [-0.05, 0) is 26.2 Å². The van der Waals surface area contributed by atoms with E-state index in [-0.39, 0.29) is 0 Å². The van der Waals surface area contributed by atoms with Crippen LogP contribution >= 0.6 is 0 Å². The molecule has 1 fully saturated rings. The highest BCUT2D eigenvalue weighted by Crippen LogP contribution is 2.10. The molecule has 0 aliphatic carbocycles. The molecule has 5 nitrogen and oxygen atoms in total. The van der Waals surface area contributed by atoms with E-state index < -0.39 is 0 Å². The molecule has 1 aliphatic rings. The van der Waals surface area contributed by atoms with E-state index in [0.717, 1.165) is 45.2 Å². The van der Waals surface area contributed by atoms with Gasteiger partial charge in [-0.3, -0.25) is 10.4 Å². The second-order valence-corrected chi connectivity index (χ2v) is 4.65. The van der Waals surface area contributed by atoms with Gasteiger partial charge in [0.05, 0.1) is 0 Å². The number of nitrogens with two attached hydrogens (primary N) is 1. The van der Waals surface area contributed by atoms with Crippen molar-refractivity contribution < 1.29 is 4.74 Å². The summed E-state index contributed by atoms with van der Waals surface area (Å²) in [6.07, 6.45) is 7.42. The number of likely N-dealkylation sites (tertiary alicyclic amines) is 1. The minimum atomic E-state index is 0.774. The van der Waals surface area contributed by atoms with Crippen LogP contribution in [0.3, 0.4) is 0 Å². The van der Waals surface area contributed by atoms with Gasteiger partial charge >= 0.3 is 0 Å². The molecule has 0 spiro atoms. The van der Waals surface area contributed by atoms with Crippen molar-refractivity contribution in [3.05, 3.63) is 0 Å². The van der Waals surface area contributed by atoms with Gasteiger partial charge in [-0.25, -0.2) is 5.84 Å². The maximum Gasteiger partial charge on any atom is 0.208 e. The van der Waals surface area contributed by atoms with E-state index >= 15 is 0 Å². The van der Waals surface area contributed by atoms with E-state index in [0.29, 0.717) is 0 Å². The van der Waals surface area contributed by atoms with Crippen molar-refractivity contribution in [2.45, 2.75) is 45.4 Å². The van der Waals surface area contributed by atoms with Crippen molar-refractivity contribution in [2.75, 3.05) is 32.8 Å². The van der Waals surface area contributed by atoms with Crippen LogP contribution < -0.4 is 11.3 Å². The second-order valence-electron chi connectivity index (χ2n) is 4.65. The first kappa shape index (κ1) is 15.2. The highest BCUT2D eigenvalue weighted by Gasteiger charge is 2.11. The molecule has 5 heteroatoms. The number of aliphatic imine (C=N–C) groups is 1. The van der Waals surface area contributed by atoms with E-state index in [1.54, 1.807) is 0 Å². The third-order valence-corrected chi connectivity index (χ3v) is 3.20. The third kappa shape index (κ3) is 6.21. The van der Waals surface area contributed by atoms with Gasteiger partial charge in [0, 0.05) is 32.8 Å². The number of hydrogen-bond donors (Lipinski definition) is 2.